The normalized spacial score (nSPS) is 11.9. The van der Waals surface area contributed by atoms with Crippen LogP contribution in [0.4, 0.5) is 5.69 Å². The Morgan fingerprint density at radius 1 is 0.697 bits per heavy atom. The molecule has 0 unspecified atom stereocenters. The van der Waals surface area contributed by atoms with E-state index in [1.165, 1.54) is 22.3 Å². The van der Waals surface area contributed by atoms with E-state index in [0.29, 0.717) is 6.54 Å². The molecule has 0 amide bonds. The van der Waals surface area contributed by atoms with Crippen molar-refractivity contribution in [2.45, 2.75) is 32.7 Å². The molecular formula is C30H31N3. The second-order valence-electron chi connectivity index (χ2n) is 9.26. The van der Waals surface area contributed by atoms with Crippen LogP contribution < -0.4 is 10.7 Å². The maximum atomic E-state index is 5.97. The fourth-order valence-electron chi connectivity index (χ4n) is 3.93. The van der Waals surface area contributed by atoms with Crippen LogP contribution in [-0.4, -0.2) is 5.84 Å². The van der Waals surface area contributed by atoms with Crippen LogP contribution in [0.2, 0.25) is 0 Å². The first kappa shape index (κ1) is 22.3. The molecule has 2 N–H and O–H groups in total. The fourth-order valence-corrected chi connectivity index (χ4v) is 3.93. The molecule has 3 heteroatoms. The van der Waals surface area contributed by atoms with E-state index in [-0.39, 0.29) is 5.41 Å². The zero-order valence-electron chi connectivity index (χ0n) is 19.6. The summed E-state index contributed by atoms with van der Waals surface area (Å²) in [6.07, 6.45) is 0. The van der Waals surface area contributed by atoms with Gasteiger partial charge in [-0.25, -0.2) is 0 Å². The molecule has 166 valence electrons. The van der Waals surface area contributed by atoms with Gasteiger partial charge in [0.05, 0.1) is 0 Å². The maximum Gasteiger partial charge on any atom is 0.160 e. The molecule has 0 bridgehead atoms. The maximum absolute atomic E-state index is 5.97. The third-order valence-electron chi connectivity index (χ3n) is 5.86. The van der Waals surface area contributed by atoms with Crippen LogP contribution in [0.15, 0.2) is 114 Å². The predicted octanol–water partition coefficient (Wildman–Crippen LogP) is 6.98. The van der Waals surface area contributed by atoms with Crippen molar-refractivity contribution in [3.8, 4) is 11.1 Å². The van der Waals surface area contributed by atoms with E-state index in [0.717, 1.165) is 17.1 Å². The summed E-state index contributed by atoms with van der Waals surface area (Å²) in [4.78, 5) is 2.17. The summed E-state index contributed by atoms with van der Waals surface area (Å²) >= 11 is 0. The van der Waals surface area contributed by atoms with Crippen molar-refractivity contribution in [1.29, 1.82) is 0 Å². The lowest BCUT2D eigenvalue weighted by molar-refractivity contribution is 0.590. The summed E-state index contributed by atoms with van der Waals surface area (Å²) in [7, 11) is 0. The molecule has 4 aromatic rings. The zero-order chi connectivity index (χ0) is 23.3. The van der Waals surface area contributed by atoms with Gasteiger partial charge < -0.3 is 10.7 Å². The Hall–Kier alpha value is -3.85. The highest BCUT2D eigenvalue weighted by molar-refractivity contribution is 6.09. The van der Waals surface area contributed by atoms with Gasteiger partial charge in [-0.3, -0.25) is 0 Å². The van der Waals surface area contributed by atoms with E-state index < -0.39 is 0 Å². The standard InChI is InChI=1S/C30H31N3/c1-30(2,3)27-20-18-26(19-21-27)29(32-31)33(28-12-8-5-9-13-28)22-23-14-16-25(17-15-23)24-10-6-4-7-11-24/h4-21H,22,31H2,1-3H3. The topological polar surface area (TPSA) is 41.6 Å². The number of amidine groups is 1. The van der Waals surface area contributed by atoms with Crippen molar-refractivity contribution in [3.05, 3.63) is 126 Å². The van der Waals surface area contributed by atoms with Crippen LogP contribution in [0.25, 0.3) is 11.1 Å². The third kappa shape index (κ3) is 5.32. The fraction of sp³-hybridized carbons (Fsp3) is 0.167. The van der Waals surface area contributed by atoms with Crippen LogP contribution in [0, 0.1) is 0 Å². The van der Waals surface area contributed by atoms with Crippen molar-refractivity contribution >= 4 is 11.5 Å². The van der Waals surface area contributed by atoms with Crippen molar-refractivity contribution in [2.24, 2.45) is 10.9 Å². The molecule has 33 heavy (non-hydrogen) atoms. The predicted molar refractivity (Wildman–Crippen MR) is 140 cm³/mol. The van der Waals surface area contributed by atoms with E-state index in [2.05, 4.69) is 116 Å². The van der Waals surface area contributed by atoms with E-state index in [1.54, 1.807) is 0 Å². The van der Waals surface area contributed by atoms with Gasteiger partial charge in [-0.2, -0.15) is 5.10 Å². The number of anilines is 1. The van der Waals surface area contributed by atoms with E-state index >= 15 is 0 Å². The molecular weight excluding hydrogens is 402 g/mol. The average molecular weight is 434 g/mol. The number of nitrogens with zero attached hydrogens (tertiary/aromatic N) is 2. The minimum absolute atomic E-state index is 0.0954. The second kappa shape index (κ2) is 9.74. The number of benzene rings is 4. The quantitative estimate of drug-likeness (QED) is 0.160. The highest BCUT2D eigenvalue weighted by atomic mass is 15.3. The summed E-state index contributed by atoms with van der Waals surface area (Å²) in [5.74, 6) is 6.71. The first-order valence-corrected chi connectivity index (χ1v) is 11.3. The highest BCUT2D eigenvalue weighted by Gasteiger charge is 2.19. The van der Waals surface area contributed by atoms with Crippen LogP contribution in [0.3, 0.4) is 0 Å². The van der Waals surface area contributed by atoms with Crippen molar-refractivity contribution in [2.75, 3.05) is 4.90 Å². The number of nitrogens with two attached hydrogens (primary N) is 1. The van der Waals surface area contributed by atoms with E-state index in [1.807, 2.05) is 24.3 Å². The third-order valence-corrected chi connectivity index (χ3v) is 5.86. The van der Waals surface area contributed by atoms with Gasteiger partial charge in [-0.1, -0.05) is 118 Å². The summed E-state index contributed by atoms with van der Waals surface area (Å²) in [5, 5.41) is 4.23. The van der Waals surface area contributed by atoms with Crippen molar-refractivity contribution in [1.82, 2.24) is 0 Å². The number of hydrazone groups is 1. The largest absolute Gasteiger partial charge is 0.321 e. The van der Waals surface area contributed by atoms with Crippen molar-refractivity contribution < 1.29 is 0 Å². The molecule has 0 spiro atoms. The van der Waals surface area contributed by atoms with Crippen LogP contribution in [-0.2, 0) is 12.0 Å². The number of hydrogen-bond acceptors (Lipinski definition) is 2. The highest BCUT2D eigenvalue weighted by Crippen LogP contribution is 2.26. The Bertz CT molecular complexity index is 1190. The Morgan fingerprint density at radius 2 is 1.24 bits per heavy atom. The van der Waals surface area contributed by atoms with Crippen LogP contribution in [0.1, 0.15) is 37.5 Å². The van der Waals surface area contributed by atoms with E-state index in [4.69, 9.17) is 5.84 Å². The molecule has 4 rings (SSSR count). The Kier molecular flexibility index (Phi) is 6.60. The van der Waals surface area contributed by atoms with Gasteiger partial charge in [-0.15, -0.1) is 0 Å². The zero-order valence-corrected chi connectivity index (χ0v) is 19.6. The SMILES string of the molecule is CC(C)(C)c1ccc(C(=NN)N(Cc2ccc(-c3ccccc3)cc2)c2ccccc2)cc1. The molecule has 0 atom stereocenters. The Labute approximate surface area is 197 Å². The molecule has 4 aromatic carbocycles. The van der Waals surface area contributed by atoms with Gasteiger partial charge in [-0.05, 0) is 39.8 Å². The number of hydrogen-bond donors (Lipinski definition) is 1. The minimum atomic E-state index is 0.0954. The summed E-state index contributed by atoms with van der Waals surface area (Å²) in [6, 6.07) is 38.0. The van der Waals surface area contributed by atoms with Crippen LogP contribution >= 0.6 is 0 Å². The van der Waals surface area contributed by atoms with Gasteiger partial charge in [0.15, 0.2) is 5.84 Å². The molecule has 0 aliphatic carbocycles. The van der Waals surface area contributed by atoms with Gasteiger partial charge in [0.1, 0.15) is 0 Å². The monoisotopic (exact) mass is 433 g/mol. The van der Waals surface area contributed by atoms with Crippen LogP contribution in [0.5, 0.6) is 0 Å². The first-order chi connectivity index (χ1) is 16.0. The molecule has 0 heterocycles. The molecule has 0 aliphatic rings. The summed E-state index contributed by atoms with van der Waals surface area (Å²) < 4.78 is 0. The molecule has 0 radical (unpaired) electrons. The molecule has 0 aromatic heterocycles. The van der Waals surface area contributed by atoms with Gasteiger partial charge >= 0.3 is 0 Å². The van der Waals surface area contributed by atoms with E-state index in [9.17, 15) is 0 Å². The van der Waals surface area contributed by atoms with Gasteiger partial charge in [0.25, 0.3) is 0 Å². The lowest BCUT2D eigenvalue weighted by Crippen LogP contribution is -2.32. The minimum Gasteiger partial charge on any atom is -0.321 e. The molecule has 0 saturated carbocycles. The molecule has 3 nitrogen and oxygen atoms in total. The first-order valence-electron chi connectivity index (χ1n) is 11.3. The van der Waals surface area contributed by atoms with Gasteiger partial charge in [0, 0.05) is 17.8 Å². The van der Waals surface area contributed by atoms with Gasteiger partial charge in [0.2, 0.25) is 0 Å². The van der Waals surface area contributed by atoms with Crippen molar-refractivity contribution in [3.63, 3.8) is 0 Å². The summed E-state index contributed by atoms with van der Waals surface area (Å²) in [6.45, 7) is 7.32. The average Bonchev–Trinajstić information content (AvgIpc) is 2.85. The second-order valence-corrected chi connectivity index (χ2v) is 9.26. The summed E-state index contributed by atoms with van der Waals surface area (Å²) in [5.41, 5.74) is 7.03. The smallest absolute Gasteiger partial charge is 0.160 e. The lowest BCUT2D eigenvalue weighted by Gasteiger charge is -2.27. The Morgan fingerprint density at radius 3 is 1.79 bits per heavy atom. The molecule has 0 saturated heterocycles. The lowest BCUT2D eigenvalue weighted by atomic mass is 9.86. The number of rotatable bonds is 5. The molecule has 0 fully saturated rings. The number of para-hydroxylation sites is 1. The Balaban J connectivity index is 1.65. The molecule has 0 aliphatic heterocycles.